The quantitative estimate of drug-likeness (QED) is 0.772. The van der Waals surface area contributed by atoms with Crippen LogP contribution in [0.2, 0.25) is 0 Å². The maximum Gasteiger partial charge on any atom is 0.0348 e. The zero-order chi connectivity index (χ0) is 14.5. The number of benzene rings is 2. The Morgan fingerprint density at radius 1 is 0.952 bits per heavy atom. The Morgan fingerprint density at radius 2 is 1.62 bits per heavy atom. The summed E-state index contributed by atoms with van der Waals surface area (Å²) in [7, 11) is 0. The SMILES string of the molecule is CCCNC(c1ccc(Cc2ccccc2)cc1)C1CC1. The summed E-state index contributed by atoms with van der Waals surface area (Å²) in [6.07, 6.45) is 4.99. The molecule has 0 aliphatic heterocycles. The molecule has 0 saturated heterocycles. The van der Waals surface area contributed by atoms with Gasteiger partial charge in [-0.05, 0) is 54.8 Å². The van der Waals surface area contributed by atoms with Gasteiger partial charge in [-0.15, -0.1) is 0 Å². The maximum atomic E-state index is 3.72. The van der Waals surface area contributed by atoms with Crippen molar-refractivity contribution in [2.45, 2.75) is 38.6 Å². The number of nitrogens with one attached hydrogen (secondary N) is 1. The summed E-state index contributed by atoms with van der Waals surface area (Å²) in [6.45, 7) is 3.35. The average molecular weight is 279 g/mol. The van der Waals surface area contributed by atoms with Gasteiger partial charge in [0.15, 0.2) is 0 Å². The molecule has 0 heterocycles. The first kappa shape index (κ1) is 14.3. The highest BCUT2D eigenvalue weighted by molar-refractivity contribution is 5.30. The van der Waals surface area contributed by atoms with Crippen LogP contribution in [0.1, 0.15) is 48.9 Å². The molecule has 1 aliphatic carbocycles. The summed E-state index contributed by atoms with van der Waals surface area (Å²) in [5.41, 5.74) is 4.24. The van der Waals surface area contributed by atoms with Crippen LogP contribution < -0.4 is 5.32 Å². The summed E-state index contributed by atoms with van der Waals surface area (Å²) < 4.78 is 0. The van der Waals surface area contributed by atoms with E-state index in [0.717, 1.165) is 18.9 Å². The van der Waals surface area contributed by atoms with E-state index in [1.807, 2.05) is 0 Å². The molecule has 0 radical (unpaired) electrons. The fraction of sp³-hybridized carbons (Fsp3) is 0.400. The number of rotatable bonds is 7. The molecule has 2 aromatic rings. The van der Waals surface area contributed by atoms with Crippen LogP contribution in [0, 0.1) is 5.92 Å². The Kier molecular flexibility index (Phi) is 4.72. The first-order valence-corrected chi connectivity index (χ1v) is 8.23. The van der Waals surface area contributed by atoms with Crippen LogP contribution in [0.5, 0.6) is 0 Å². The first-order chi connectivity index (χ1) is 10.4. The van der Waals surface area contributed by atoms with Gasteiger partial charge in [0.1, 0.15) is 0 Å². The summed E-state index contributed by atoms with van der Waals surface area (Å²) >= 11 is 0. The van der Waals surface area contributed by atoms with Crippen molar-refractivity contribution in [3.63, 3.8) is 0 Å². The standard InChI is InChI=1S/C20H25N/c1-2-14-21-20(19-12-13-19)18-10-8-17(9-11-18)15-16-6-4-3-5-7-16/h3-11,19-21H,2,12-15H2,1H3. The Labute approximate surface area is 128 Å². The fourth-order valence-corrected chi connectivity index (χ4v) is 2.96. The van der Waals surface area contributed by atoms with Gasteiger partial charge in [-0.25, -0.2) is 0 Å². The third-order valence-corrected chi connectivity index (χ3v) is 4.30. The molecule has 0 bridgehead atoms. The topological polar surface area (TPSA) is 12.0 Å². The van der Waals surface area contributed by atoms with E-state index in [-0.39, 0.29) is 0 Å². The van der Waals surface area contributed by atoms with Crippen LogP contribution in [0.15, 0.2) is 54.6 Å². The maximum absolute atomic E-state index is 3.72. The molecule has 1 unspecified atom stereocenters. The van der Waals surface area contributed by atoms with Gasteiger partial charge in [0.2, 0.25) is 0 Å². The van der Waals surface area contributed by atoms with Gasteiger partial charge in [0, 0.05) is 6.04 Å². The van der Waals surface area contributed by atoms with E-state index in [1.54, 1.807) is 0 Å². The van der Waals surface area contributed by atoms with E-state index in [1.165, 1.54) is 36.0 Å². The molecule has 1 saturated carbocycles. The highest BCUT2D eigenvalue weighted by Gasteiger charge is 2.31. The average Bonchev–Trinajstić information content (AvgIpc) is 3.35. The van der Waals surface area contributed by atoms with Gasteiger partial charge in [-0.3, -0.25) is 0 Å². The molecule has 3 rings (SSSR count). The smallest absolute Gasteiger partial charge is 0.0348 e. The van der Waals surface area contributed by atoms with Crippen molar-refractivity contribution in [3.8, 4) is 0 Å². The normalized spacial score (nSPS) is 15.9. The van der Waals surface area contributed by atoms with Crippen molar-refractivity contribution in [1.29, 1.82) is 0 Å². The molecule has 1 aliphatic rings. The molecule has 0 aromatic heterocycles. The molecular weight excluding hydrogens is 254 g/mol. The minimum absolute atomic E-state index is 0.565. The highest BCUT2D eigenvalue weighted by atomic mass is 14.9. The molecule has 21 heavy (non-hydrogen) atoms. The summed E-state index contributed by atoms with van der Waals surface area (Å²) in [5.74, 6) is 0.858. The van der Waals surface area contributed by atoms with Crippen LogP contribution in [0.25, 0.3) is 0 Å². The van der Waals surface area contributed by atoms with Crippen molar-refractivity contribution >= 4 is 0 Å². The van der Waals surface area contributed by atoms with Gasteiger partial charge in [0.05, 0.1) is 0 Å². The minimum Gasteiger partial charge on any atom is -0.310 e. The Balaban J connectivity index is 1.67. The van der Waals surface area contributed by atoms with Crippen molar-refractivity contribution < 1.29 is 0 Å². The lowest BCUT2D eigenvalue weighted by atomic mass is 9.98. The summed E-state index contributed by atoms with van der Waals surface area (Å²) in [6, 6.07) is 20.5. The van der Waals surface area contributed by atoms with Gasteiger partial charge < -0.3 is 5.32 Å². The van der Waals surface area contributed by atoms with E-state index in [0.29, 0.717) is 6.04 Å². The monoisotopic (exact) mass is 279 g/mol. The van der Waals surface area contributed by atoms with Gasteiger partial charge in [0.25, 0.3) is 0 Å². The first-order valence-electron chi connectivity index (χ1n) is 8.23. The van der Waals surface area contributed by atoms with Crippen molar-refractivity contribution in [3.05, 3.63) is 71.3 Å². The lowest BCUT2D eigenvalue weighted by Gasteiger charge is -2.19. The van der Waals surface area contributed by atoms with E-state index >= 15 is 0 Å². The van der Waals surface area contributed by atoms with Crippen molar-refractivity contribution in [1.82, 2.24) is 5.32 Å². The molecule has 1 atom stereocenters. The third-order valence-electron chi connectivity index (χ3n) is 4.30. The van der Waals surface area contributed by atoms with E-state index < -0.39 is 0 Å². The molecule has 1 N–H and O–H groups in total. The van der Waals surface area contributed by atoms with Gasteiger partial charge in [-0.1, -0.05) is 61.5 Å². The Bertz CT molecular complexity index is 540. The molecule has 1 heteroatoms. The molecule has 110 valence electrons. The summed E-state index contributed by atoms with van der Waals surface area (Å²) in [4.78, 5) is 0. The number of hydrogen-bond acceptors (Lipinski definition) is 1. The second-order valence-corrected chi connectivity index (χ2v) is 6.17. The third kappa shape index (κ3) is 3.95. The molecule has 1 fully saturated rings. The molecule has 0 spiro atoms. The van der Waals surface area contributed by atoms with Gasteiger partial charge in [-0.2, -0.15) is 0 Å². The molecule has 2 aromatic carbocycles. The second-order valence-electron chi connectivity index (χ2n) is 6.17. The van der Waals surface area contributed by atoms with Crippen molar-refractivity contribution in [2.75, 3.05) is 6.54 Å². The largest absolute Gasteiger partial charge is 0.310 e. The lowest BCUT2D eigenvalue weighted by Crippen LogP contribution is -2.23. The summed E-state index contributed by atoms with van der Waals surface area (Å²) in [5, 5.41) is 3.72. The number of hydrogen-bond donors (Lipinski definition) is 1. The Hall–Kier alpha value is -1.60. The fourth-order valence-electron chi connectivity index (χ4n) is 2.96. The second kappa shape index (κ2) is 6.91. The highest BCUT2D eigenvalue weighted by Crippen LogP contribution is 2.41. The minimum atomic E-state index is 0.565. The predicted molar refractivity (Wildman–Crippen MR) is 89.4 cm³/mol. The lowest BCUT2D eigenvalue weighted by molar-refractivity contribution is 0.481. The zero-order valence-corrected chi connectivity index (χ0v) is 12.9. The van der Waals surface area contributed by atoms with Crippen LogP contribution in [0.4, 0.5) is 0 Å². The van der Waals surface area contributed by atoms with Crippen LogP contribution in [-0.4, -0.2) is 6.54 Å². The Morgan fingerprint density at radius 3 is 2.24 bits per heavy atom. The predicted octanol–water partition coefficient (Wildman–Crippen LogP) is 4.73. The molecule has 1 nitrogen and oxygen atoms in total. The van der Waals surface area contributed by atoms with E-state index in [2.05, 4.69) is 66.8 Å². The van der Waals surface area contributed by atoms with Crippen LogP contribution in [-0.2, 0) is 6.42 Å². The van der Waals surface area contributed by atoms with E-state index in [9.17, 15) is 0 Å². The van der Waals surface area contributed by atoms with Crippen LogP contribution >= 0.6 is 0 Å². The van der Waals surface area contributed by atoms with Crippen molar-refractivity contribution in [2.24, 2.45) is 5.92 Å². The molecule has 0 amide bonds. The molecular formula is C20H25N. The zero-order valence-electron chi connectivity index (χ0n) is 12.9. The van der Waals surface area contributed by atoms with Crippen LogP contribution in [0.3, 0.4) is 0 Å². The van der Waals surface area contributed by atoms with Gasteiger partial charge >= 0.3 is 0 Å². The van der Waals surface area contributed by atoms with E-state index in [4.69, 9.17) is 0 Å².